The molecular formula is C16H17NOS2. The lowest BCUT2D eigenvalue weighted by atomic mass is 10.00. The topological polar surface area (TPSA) is 35.2 Å². The lowest BCUT2D eigenvalue weighted by Gasteiger charge is -2.15. The van der Waals surface area contributed by atoms with Crippen LogP contribution in [0.25, 0.3) is 9.40 Å². The maximum atomic E-state index is 6.44. The molecule has 0 bridgehead atoms. The second kappa shape index (κ2) is 5.20. The molecule has 3 aromatic rings. The van der Waals surface area contributed by atoms with Gasteiger partial charge in [-0.25, -0.2) is 0 Å². The standard InChI is InChI=1S/C16H17NOS2/c1-9-6-11(7-10(2)16(9)18-3)15(17)14-8-13-12(20-14)4-5-19-13/h4-8,15H,17H2,1-3H3. The van der Waals surface area contributed by atoms with Crippen LogP contribution in [0.2, 0.25) is 0 Å². The van der Waals surface area contributed by atoms with Gasteiger partial charge in [0.1, 0.15) is 5.75 Å². The minimum Gasteiger partial charge on any atom is -0.496 e. The van der Waals surface area contributed by atoms with Gasteiger partial charge in [-0.05, 0) is 48.1 Å². The van der Waals surface area contributed by atoms with Gasteiger partial charge in [0, 0.05) is 14.3 Å². The van der Waals surface area contributed by atoms with Gasteiger partial charge in [-0.15, -0.1) is 22.7 Å². The van der Waals surface area contributed by atoms with Crippen LogP contribution < -0.4 is 10.5 Å². The van der Waals surface area contributed by atoms with Gasteiger partial charge in [-0.3, -0.25) is 0 Å². The van der Waals surface area contributed by atoms with Crippen LogP contribution in [0.1, 0.15) is 27.6 Å². The molecule has 1 atom stereocenters. The summed E-state index contributed by atoms with van der Waals surface area (Å²) in [5.74, 6) is 0.952. The number of ether oxygens (including phenoxy) is 1. The molecule has 20 heavy (non-hydrogen) atoms. The Bertz CT molecular complexity index is 705. The van der Waals surface area contributed by atoms with Crippen molar-refractivity contribution in [1.29, 1.82) is 0 Å². The highest BCUT2D eigenvalue weighted by atomic mass is 32.1. The number of fused-ring (bicyclic) bond motifs is 1. The summed E-state index contributed by atoms with van der Waals surface area (Å²) < 4.78 is 8.06. The van der Waals surface area contributed by atoms with Crippen LogP contribution in [0.5, 0.6) is 5.75 Å². The molecule has 0 radical (unpaired) electrons. The van der Waals surface area contributed by atoms with E-state index in [2.05, 4.69) is 43.5 Å². The number of rotatable bonds is 3. The van der Waals surface area contributed by atoms with Crippen LogP contribution in [-0.2, 0) is 0 Å². The van der Waals surface area contributed by atoms with Gasteiger partial charge < -0.3 is 10.5 Å². The van der Waals surface area contributed by atoms with E-state index in [0.29, 0.717) is 0 Å². The molecule has 0 spiro atoms. The first kappa shape index (κ1) is 13.6. The molecule has 0 aliphatic carbocycles. The van der Waals surface area contributed by atoms with E-state index < -0.39 is 0 Å². The molecule has 0 aliphatic rings. The van der Waals surface area contributed by atoms with E-state index in [4.69, 9.17) is 10.5 Å². The van der Waals surface area contributed by atoms with Crippen LogP contribution in [0.4, 0.5) is 0 Å². The molecule has 2 N–H and O–H groups in total. The van der Waals surface area contributed by atoms with Crippen molar-refractivity contribution < 1.29 is 4.74 Å². The second-order valence-corrected chi connectivity index (χ2v) is 7.03. The van der Waals surface area contributed by atoms with Gasteiger partial charge in [0.15, 0.2) is 0 Å². The van der Waals surface area contributed by atoms with E-state index in [1.54, 1.807) is 29.8 Å². The average Bonchev–Trinajstić information content (AvgIpc) is 2.98. The van der Waals surface area contributed by atoms with Gasteiger partial charge in [-0.2, -0.15) is 0 Å². The molecular weight excluding hydrogens is 286 g/mol. The molecule has 0 fully saturated rings. The van der Waals surface area contributed by atoms with Crippen LogP contribution in [-0.4, -0.2) is 7.11 Å². The van der Waals surface area contributed by atoms with E-state index in [1.807, 2.05) is 0 Å². The molecule has 0 saturated carbocycles. The largest absolute Gasteiger partial charge is 0.496 e. The molecule has 0 saturated heterocycles. The molecule has 4 heteroatoms. The van der Waals surface area contributed by atoms with Gasteiger partial charge in [0.05, 0.1) is 13.2 Å². The number of aryl methyl sites for hydroxylation is 2. The molecule has 3 rings (SSSR count). The highest BCUT2D eigenvalue weighted by Crippen LogP contribution is 2.36. The van der Waals surface area contributed by atoms with E-state index >= 15 is 0 Å². The maximum absolute atomic E-state index is 6.44. The highest BCUT2D eigenvalue weighted by Gasteiger charge is 2.15. The molecule has 2 heterocycles. The van der Waals surface area contributed by atoms with Crippen molar-refractivity contribution in [3.63, 3.8) is 0 Å². The zero-order valence-corrected chi connectivity index (χ0v) is 13.4. The zero-order chi connectivity index (χ0) is 14.3. The number of methoxy groups -OCH3 is 1. The van der Waals surface area contributed by atoms with E-state index in [0.717, 1.165) is 22.4 Å². The summed E-state index contributed by atoms with van der Waals surface area (Å²) in [5, 5.41) is 2.12. The van der Waals surface area contributed by atoms with Crippen molar-refractivity contribution in [3.8, 4) is 5.75 Å². The predicted molar refractivity (Wildman–Crippen MR) is 88.2 cm³/mol. The van der Waals surface area contributed by atoms with Gasteiger partial charge in [0.25, 0.3) is 0 Å². The quantitative estimate of drug-likeness (QED) is 0.765. The van der Waals surface area contributed by atoms with Crippen molar-refractivity contribution in [3.05, 3.63) is 51.2 Å². The lowest BCUT2D eigenvalue weighted by molar-refractivity contribution is 0.408. The monoisotopic (exact) mass is 303 g/mol. The van der Waals surface area contributed by atoms with Crippen molar-refractivity contribution in [2.75, 3.05) is 7.11 Å². The fraction of sp³-hybridized carbons (Fsp3) is 0.250. The fourth-order valence-corrected chi connectivity index (χ4v) is 4.74. The van der Waals surface area contributed by atoms with Crippen LogP contribution in [0.15, 0.2) is 29.6 Å². The van der Waals surface area contributed by atoms with Crippen molar-refractivity contribution in [1.82, 2.24) is 0 Å². The van der Waals surface area contributed by atoms with Crippen molar-refractivity contribution >= 4 is 32.1 Å². The fourth-order valence-electron chi connectivity index (χ4n) is 2.59. The Balaban J connectivity index is 2.01. The normalized spacial score (nSPS) is 12.8. The first-order chi connectivity index (χ1) is 9.60. The Hall–Kier alpha value is -1.36. The number of nitrogens with two attached hydrogens (primary N) is 1. The van der Waals surface area contributed by atoms with Gasteiger partial charge in [-0.1, -0.05) is 12.1 Å². The molecule has 0 amide bonds. The summed E-state index contributed by atoms with van der Waals surface area (Å²) in [6.07, 6.45) is 0. The van der Waals surface area contributed by atoms with E-state index in [-0.39, 0.29) is 6.04 Å². The van der Waals surface area contributed by atoms with Gasteiger partial charge >= 0.3 is 0 Å². The third-order valence-electron chi connectivity index (χ3n) is 3.51. The minimum atomic E-state index is -0.0668. The Morgan fingerprint density at radius 3 is 2.40 bits per heavy atom. The Labute approximate surface area is 126 Å². The van der Waals surface area contributed by atoms with Crippen LogP contribution >= 0.6 is 22.7 Å². The first-order valence-electron chi connectivity index (χ1n) is 6.48. The predicted octanol–water partition coefficient (Wildman–Crippen LogP) is 4.64. The summed E-state index contributed by atoms with van der Waals surface area (Å²) in [6, 6.07) is 8.56. The number of thiophene rings is 2. The summed E-state index contributed by atoms with van der Waals surface area (Å²) in [7, 11) is 1.71. The summed E-state index contributed by atoms with van der Waals surface area (Å²) >= 11 is 3.55. The van der Waals surface area contributed by atoms with Crippen LogP contribution in [0.3, 0.4) is 0 Å². The average molecular weight is 303 g/mol. The molecule has 104 valence electrons. The Morgan fingerprint density at radius 1 is 1.10 bits per heavy atom. The number of hydrogen-bond donors (Lipinski definition) is 1. The number of benzene rings is 1. The van der Waals surface area contributed by atoms with Crippen LogP contribution in [0, 0.1) is 13.8 Å². The number of hydrogen-bond acceptors (Lipinski definition) is 4. The smallest absolute Gasteiger partial charge is 0.124 e. The van der Waals surface area contributed by atoms with Crippen molar-refractivity contribution in [2.45, 2.75) is 19.9 Å². The van der Waals surface area contributed by atoms with Gasteiger partial charge in [0.2, 0.25) is 0 Å². The third-order valence-corrected chi connectivity index (χ3v) is 5.69. The molecule has 1 aromatic carbocycles. The lowest BCUT2D eigenvalue weighted by Crippen LogP contribution is -2.11. The Kier molecular flexibility index (Phi) is 3.54. The molecule has 1 unspecified atom stereocenters. The minimum absolute atomic E-state index is 0.0668. The highest BCUT2D eigenvalue weighted by molar-refractivity contribution is 7.27. The molecule has 2 nitrogen and oxygen atoms in total. The first-order valence-corrected chi connectivity index (χ1v) is 8.17. The third kappa shape index (κ3) is 2.24. The summed E-state index contributed by atoms with van der Waals surface area (Å²) in [5.41, 5.74) is 9.86. The maximum Gasteiger partial charge on any atom is 0.124 e. The summed E-state index contributed by atoms with van der Waals surface area (Å²) in [4.78, 5) is 1.22. The zero-order valence-electron chi connectivity index (χ0n) is 11.8. The SMILES string of the molecule is COc1c(C)cc(C(N)c2cc3sccc3s2)cc1C. The van der Waals surface area contributed by atoms with E-state index in [1.165, 1.54) is 14.3 Å². The molecule has 2 aromatic heterocycles. The Morgan fingerprint density at radius 2 is 1.80 bits per heavy atom. The second-order valence-electron chi connectivity index (χ2n) is 4.96. The summed E-state index contributed by atoms with van der Waals surface area (Å²) in [6.45, 7) is 4.13. The van der Waals surface area contributed by atoms with E-state index in [9.17, 15) is 0 Å². The molecule has 0 aliphatic heterocycles. The van der Waals surface area contributed by atoms with Crippen molar-refractivity contribution in [2.24, 2.45) is 5.73 Å².